The van der Waals surface area contributed by atoms with E-state index in [-0.39, 0.29) is 23.8 Å². The lowest BCUT2D eigenvalue weighted by Gasteiger charge is -2.58. The van der Waals surface area contributed by atoms with E-state index in [1.165, 1.54) is 57.4 Å². The van der Waals surface area contributed by atoms with E-state index in [9.17, 15) is 9.59 Å². The van der Waals surface area contributed by atoms with Crippen molar-refractivity contribution in [2.45, 2.75) is 72.1 Å². The molecule has 0 aromatic heterocycles. The quantitative estimate of drug-likeness (QED) is 0.668. The summed E-state index contributed by atoms with van der Waals surface area (Å²) in [5, 5.41) is 0. The lowest BCUT2D eigenvalue weighted by molar-refractivity contribution is -0.145. The number of allylic oxidation sites excluding steroid dienone is 3. The van der Waals surface area contributed by atoms with Crippen molar-refractivity contribution in [2.75, 3.05) is 6.61 Å². The molecule has 3 heteroatoms. The average Bonchev–Trinajstić information content (AvgIpc) is 2.96. The monoisotopic (exact) mass is 356 g/mol. The zero-order chi connectivity index (χ0) is 18.5. The van der Waals surface area contributed by atoms with Crippen LogP contribution < -0.4 is 0 Å². The second-order valence-corrected chi connectivity index (χ2v) is 9.52. The Morgan fingerprint density at radius 1 is 1.08 bits per heavy atom. The van der Waals surface area contributed by atoms with E-state index in [1.54, 1.807) is 0 Å². The Labute approximate surface area is 157 Å². The molecule has 26 heavy (non-hydrogen) atoms. The fourth-order valence-electron chi connectivity index (χ4n) is 6.94. The molecule has 142 valence electrons. The van der Waals surface area contributed by atoms with Gasteiger partial charge in [-0.3, -0.25) is 9.59 Å². The van der Waals surface area contributed by atoms with Gasteiger partial charge in [-0.25, -0.2) is 0 Å². The highest BCUT2D eigenvalue weighted by molar-refractivity contribution is 6.00. The van der Waals surface area contributed by atoms with E-state index in [0.29, 0.717) is 11.3 Å². The molecule has 0 spiro atoms. The smallest absolute Gasteiger partial charge is 0.303 e. The van der Waals surface area contributed by atoms with Crippen molar-refractivity contribution in [1.29, 1.82) is 0 Å². The first-order chi connectivity index (χ1) is 12.4. The van der Waals surface area contributed by atoms with E-state index in [2.05, 4.69) is 19.9 Å². The van der Waals surface area contributed by atoms with Crippen LogP contribution in [-0.4, -0.2) is 18.4 Å². The first-order valence-corrected chi connectivity index (χ1v) is 10.5. The lowest BCUT2D eigenvalue weighted by atomic mass is 9.46. The number of fused-ring (bicyclic) bond motifs is 5. The highest BCUT2D eigenvalue weighted by Gasteiger charge is 2.56. The Morgan fingerprint density at radius 3 is 2.65 bits per heavy atom. The van der Waals surface area contributed by atoms with Gasteiger partial charge < -0.3 is 4.74 Å². The van der Waals surface area contributed by atoms with Crippen molar-refractivity contribution in [3.63, 3.8) is 0 Å². The van der Waals surface area contributed by atoms with Gasteiger partial charge >= 0.3 is 5.97 Å². The summed E-state index contributed by atoms with van der Waals surface area (Å²) in [7, 11) is 0. The van der Waals surface area contributed by atoms with Crippen molar-refractivity contribution >= 4 is 11.8 Å². The molecular weight excluding hydrogens is 324 g/mol. The van der Waals surface area contributed by atoms with Crippen LogP contribution in [-0.2, 0) is 14.3 Å². The zero-order valence-electron chi connectivity index (χ0n) is 16.5. The molecule has 0 N–H and O–H groups in total. The summed E-state index contributed by atoms with van der Waals surface area (Å²) in [6.07, 6.45) is 14.8. The maximum atomic E-state index is 12.7. The molecule has 0 radical (unpaired) electrons. The zero-order valence-corrected chi connectivity index (χ0v) is 16.5. The lowest BCUT2D eigenvalue weighted by Crippen LogP contribution is -2.50. The van der Waals surface area contributed by atoms with Crippen molar-refractivity contribution in [3.8, 4) is 0 Å². The van der Waals surface area contributed by atoms with Crippen molar-refractivity contribution < 1.29 is 14.3 Å². The molecule has 1 unspecified atom stereocenters. The molecular formula is C23H32O3. The van der Waals surface area contributed by atoms with Crippen LogP contribution in [0.4, 0.5) is 0 Å². The fraction of sp³-hybridized carbons (Fsp3) is 0.739. The number of esters is 1. The number of carbonyl (C=O) groups is 2. The van der Waals surface area contributed by atoms with Gasteiger partial charge in [-0.05, 0) is 61.7 Å². The molecule has 4 aliphatic carbocycles. The highest BCUT2D eigenvalue weighted by Crippen LogP contribution is 2.65. The third-order valence-corrected chi connectivity index (χ3v) is 8.33. The van der Waals surface area contributed by atoms with Crippen LogP contribution in [0.2, 0.25) is 0 Å². The molecule has 0 heterocycles. The van der Waals surface area contributed by atoms with E-state index in [4.69, 9.17) is 4.74 Å². The Hall–Kier alpha value is -1.38. The molecule has 0 aromatic rings. The maximum Gasteiger partial charge on any atom is 0.303 e. The van der Waals surface area contributed by atoms with Crippen molar-refractivity contribution in [2.24, 2.45) is 28.6 Å². The number of carbonyl (C=O) groups excluding carboxylic acids is 2. The first-order valence-electron chi connectivity index (χ1n) is 10.5. The number of rotatable bonds is 3. The van der Waals surface area contributed by atoms with Gasteiger partial charge in [-0.1, -0.05) is 44.4 Å². The van der Waals surface area contributed by atoms with Crippen LogP contribution >= 0.6 is 0 Å². The molecule has 3 saturated carbocycles. The topological polar surface area (TPSA) is 43.4 Å². The summed E-state index contributed by atoms with van der Waals surface area (Å²) >= 11 is 0. The molecule has 0 saturated heterocycles. The second kappa shape index (κ2) is 6.35. The average molecular weight is 357 g/mol. The van der Waals surface area contributed by atoms with E-state index >= 15 is 0 Å². The van der Waals surface area contributed by atoms with Crippen LogP contribution in [0.3, 0.4) is 0 Å². The molecule has 4 rings (SSSR count). The van der Waals surface area contributed by atoms with Gasteiger partial charge in [0.25, 0.3) is 0 Å². The molecule has 3 nitrogen and oxygen atoms in total. The molecule has 3 fully saturated rings. The number of Topliss-reactive ketones (excluding diaryl/α,β-unsaturated/α-hetero) is 1. The third-order valence-electron chi connectivity index (χ3n) is 8.33. The molecule has 5 atom stereocenters. The van der Waals surface area contributed by atoms with Gasteiger partial charge in [0, 0.05) is 17.9 Å². The first kappa shape index (κ1) is 18.0. The highest BCUT2D eigenvalue weighted by atomic mass is 16.5. The summed E-state index contributed by atoms with van der Waals surface area (Å²) in [6.45, 7) is 6.04. The van der Waals surface area contributed by atoms with E-state index < -0.39 is 0 Å². The van der Waals surface area contributed by atoms with Crippen LogP contribution in [0.25, 0.3) is 0 Å². The van der Waals surface area contributed by atoms with Crippen LogP contribution in [0.5, 0.6) is 0 Å². The Balaban J connectivity index is 1.55. The minimum absolute atomic E-state index is 0.0232. The Morgan fingerprint density at radius 2 is 1.88 bits per heavy atom. The summed E-state index contributed by atoms with van der Waals surface area (Å²) in [5.41, 5.74) is 2.71. The van der Waals surface area contributed by atoms with Crippen LogP contribution in [0.15, 0.2) is 23.3 Å². The van der Waals surface area contributed by atoms with Crippen LogP contribution in [0.1, 0.15) is 72.1 Å². The number of hydrogen-bond acceptors (Lipinski definition) is 3. The molecule has 0 bridgehead atoms. The Kier molecular flexibility index (Phi) is 4.40. The second-order valence-electron chi connectivity index (χ2n) is 9.52. The largest absolute Gasteiger partial charge is 0.457 e. The summed E-state index contributed by atoms with van der Waals surface area (Å²) in [4.78, 5) is 23.8. The van der Waals surface area contributed by atoms with E-state index in [1.807, 2.05) is 6.08 Å². The summed E-state index contributed by atoms with van der Waals surface area (Å²) in [5.74, 6) is 1.90. The minimum atomic E-state index is -0.387. The fourth-order valence-corrected chi connectivity index (χ4v) is 6.94. The molecule has 0 aromatic carbocycles. The number of ether oxygens (including phenoxy) is 1. The number of ketones is 1. The Bertz CT molecular complexity index is 688. The molecule has 4 aliphatic rings. The van der Waals surface area contributed by atoms with Gasteiger partial charge in [-0.15, -0.1) is 0 Å². The third kappa shape index (κ3) is 2.61. The van der Waals surface area contributed by atoms with Crippen molar-refractivity contribution in [3.05, 3.63) is 23.3 Å². The van der Waals surface area contributed by atoms with Gasteiger partial charge in [0.05, 0.1) is 0 Å². The minimum Gasteiger partial charge on any atom is -0.457 e. The van der Waals surface area contributed by atoms with Gasteiger partial charge in [0.15, 0.2) is 12.4 Å². The summed E-state index contributed by atoms with van der Waals surface area (Å²) in [6, 6.07) is 0. The molecule has 0 aliphatic heterocycles. The van der Waals surface area contributed by atoms with Crippen LogP contribution in [0, 0.1) is 28.6 Å². The standard InChI is InChI=1S/C23H32O3/c1-15(24)26-14-21(25)20-10-9-18-17-8-7-16-6-4-5-12-22(16,2)19(17)11-13-23(18,20)3/h9-10,16-17,19H,4-8,11-14H2,1-3H3/t16?,17-,19-,22-,23-/m0/s1. The predicted octanol–water partition coefficient (Wildman–Crippen LogP) is 5.01. The van der Waals surface area contributed by atoms with E-state index in [0.717, 1.165) is 23.8 Å². The predicted molar refractivity (Wildman–Crippen MR) is 101 cm³/mol. The SMILES string of the molecule is CC(=O)OCC(=O)C1=CC=C2[C@@H]3CCC4CCCC[C@]4(C)[C@H]3CC[C@]12C. The maximum absolute atomic E-state index is 12.7. The van der Waals surface area contributed by atoms with Gasteiger partial charge in [0.2, 0.25) is 0 Å². The van der Waals surface area contributed by atoms with Crippen molar-refractivity contribution in [1.82, 2.24) is 0 Å². The normalized spacial score (nSPS) is 41.3. The van der Waals surface area contributed by atoms with Gasteiger partial charge in [0.1, 0.15) is 0 Å². The number of hydrogen-bond donors (Lipinski definition) is 0. The summed E-state index contributed by atoms with van der Waals surface area (Å²) < 4.78 is 4.98. The molecule has 0 amide bonds. The van der Waals surface area contributed by atoms with Gasteiger partial charge in [-0.2, -0.15) is 0 Å².